The Kier molecular flexibility index (Phi) is 7.38. The summed E-state index contributed by atoms with van der Waals surface area (Å²) in [7, 11) is -1.71. The fourth-order valence-electron chi connectivity index (χ4n) is 3.84. The first-order valence-electron chi connectivity index (χ1n) is 12.4. The lowest BCUT2D eigenvalue weighted by Crippen LogP contribution is -2.41. The van der Waals surface area contributed by atoms with E-state index >= 15 is 0 Å². The summed E-state index contributed by atoms with van der Waals surface area (Å²) in [5, 5.41) is 4.47. The number of hydrogen-bond acceptors (Lipinski definition) is 5. The quantitative estimate of drug-likeness (QED) is 0.154. The van der Waals surface area contributed by atoms with Crippen LogP contribution in [0.3, 0.4) is 0 Å². The molecule has 0 aliphatic rings. The largest absolute Gasteiger partial charge is 0.415 e. The van der Waals surface area contributed by atoms with E-state index in [1.807, 2.05) is 12.1 Å². The molecule has 0 fully saturated rings. The van der Waals surface area contributed by atoms with Crippen LogP contribution >= 0.6 is 0 Å². The molecule has 0 radical (unpaired) electrons. The molecule has 0 saturated carbocycles. The van der Waals surface area contributed by atoms with Gasteiger partial charge >= 0.3 is 0 Å². The van der Waals surface area contributed by atoms with Gasteiger partial charge in [0, 0.05) is 41.1 Å². The van der Waals surface area contributed by atoms with Gasteiger partial charge in [-0.2, -0.15) is 0 Å². The molecule has 0 aliphatic carbocycles. The average Bonchev–Trinajstić information content (AvgIpc) is 2.85. The highest BCUT2D eigenvalue weighted by Crippen LogP contribution is 2.36. The van der Waals surface area contributed by atoms with E-state index in [2.05, 4.69) is 92.7 Å². The van der Waals surface area contributed by atoms with Gasteiger partial charge in [-0.3, -0.25) is 9.78 Å². The first kappa shape index (κ1) is 25.7. The molecule has 6 heteroatoms. The number of anilines is 1. The van der Waals surface area contributed by atoms with Crippen LogP contribution in [0.4, 0.5) is 5.69 Å². The number of carbonyl (C=O) groups excluding carboxylic acids is 1. The lowest BCUT2D eigenvalue weighted by Gasteiger charge is -2.36. The maximum atomic E-state index is 12.2. The van der Waals surface area contributed by atoms with E-state index in [1.165, 1.54) is 0 Å². The van der Waals surface area contributed by atoms with Gasteiger partial charge in [0.25, 0.3) is 0 Å². The Bertz CT molecular complexity index is 1360. The number of Topliss-reactive ketones (excluding diaryl/α,β-unsaturated/α-hetero) is 1. The van der Waals surface area contributed by atoms with Crippen molar-refractivity contribution < 1.29 is 9.22 Å². The average molecular weight is 498 g/mol. The second-order valence-electron chi connectivity index (χ2n) is 10.7. The number of fused-ring (bicyclic) bond motifs is 1. The molecular weight excluding hydrogens is 462 g/mol. The molecule has 0 saturated heterocycles. The maximum Gasteiger partial charge on any atom is 0.192 e. The Hall–Kier alpha value is -3.35. The fourth-order valence-corrected chi connectivity index (χ4v) is 4.89. The fraction of sp³-hybridized carbons (Fsp3) is 0.300. The Morgan fingerprint density at radius 2 is 1.56 bits per heavy atom. The number of nitrogens with zero attached hydrogens (tertiary/aromatic N) is 2. The zero-order valence-corrected chi connectivity index (χ0v) is 23.1. The van der Waals surface area contributed by atoms with Gasteiger partial charge in [0.1, 0.15) is 0 Å². The van der Waals surface area contributed by atoms with Crippen molar-refractivity contribution in [1.82, 2.24) is 9.97 Å². The summed E-state index contributed by atoms with van der Waals surface area (Å²) < 4.78 is 6.25. The molecule has 0 amide bonds. The molecule has 0 spiro atoms. The van der Waals surface area contributed by atoms with Gasteiger partial charge in [-0.15, -0.1) is 0 Å². The molecule has 36 heavy (non-hydrogen) atoms. The minimum absolute atomic E-state index is 0.00789. The monoisotopic (exact) mass is 497 g/mol. The maximum absolute atomic E-state index is 12.2. The number of aromatic nitrogens is 2. The van der Waals surface area contributed by atoms with Gasteiger partial charge in [0.2, 0.25) is 0 Å². The number of ketones is 1. The first-order chi connectivity index (χ1) is 17.0. The standard InChI is InChI=1S/C30H35N3O2Si/c1-21(34)26-19-29(33-28-15-16-31-20-27(26)28)24-9-7-22(8-10-24)23-11-13-25(14-12-23)32-17-18-35-36(5,6)30(2,3)4/h7-16,19-20,32H,17-18H2,1-6H3. The Balaban J connectivity index is 1.43. The van der Waals surface area contributed by atoms with Crippen LogP contribution in [0, 0.1) is 0 Å². The van der Waals surface area contributed by atoms with Crippen LogP contribution in [-0.2, 0) is 4.43 Å². The molecular formula is C30H35N3O2Si. The van der Waals surface area contributed by atoms with Crippen molar-refractivity contribution in [1.29, 1.82) is 0 Å². The molecule has 0 unspecified atom stereocenters. The molecule has 0 atom stereocenters. The Labute approximate surface area is 215 Å². The predicted octanol–water partition coefficient (Wildman–Crippen LogP) is 7.60. The number of benzene rings is 2. The normalized spacial score (nSPS) is 12.1. The van der Waals surface area contributed by atoms with Gasteiger partial charge < -0.3 is 9.74 Å². The second kappa shape index (κ2) is 10.3. The molecule has 1 N–H and O–H groups in total. The number of hydrogen-bond donors (Lipinski definition) is 1. The van der Waals surface area contributed by atoms with Crippen LogP contribution in [0.15, 0.2) is 73.1 Å². The van der Waals surface area contributed by atoms with E-state index in [0.717, 1.165) is 45.5 Å². The van der Waals surface area contributed by atoms with E-state index in [1.54, 1.807) is 19.3 Å². The smallest absolute Gasteiger partial charge is 0.192 e. The van der Waals surface area contributed by atoms with Crippen molar-refractivity contribution >= 4 is 30.7 Å². The van der Waals surface area contributed by atoms with Crippen molar-refractivity contribution in [2.24, 2.45) is 0 Å². The lowest BCUT2D eigenvalue weighted by atomic mass is 10.00. The third kappa shape index (κ3) is 5.72. The molecule has 2 aromatic heterocycles. The SMILES string of the molecule is CC(=O)c1cc(-c2ccc(-c3ccc(NCCO[Si](C)(C)C(C)(C)C)cc3)cc2)nc2ccncc12. The summed E-state index contributed by atoms with van der Waals surface area (Å²) >= 11 is 0. The summed E-state index contributed by atoms with van der Waals surface area (Å²) in [4.78, 5) is 21.1. The number of rotatable bonds is 8. The van der Waals surface area contributed by atoms with Gasteiger partial charge in [-0.25, -0.2) is 4.98 Å². The molecule has 4 aromatic rings. The van der Waals surface area contributed by atoms with Crippen LogP contribution in [0.25, 0.3) is 33.3 Å². The van der Waals surface area contributed by atoms with Crippen LogP contribution in [-0.4, -0.2) is 37.2 Å². The van der Waals surface area contributed by atoms with Gasteiger partial charge in [0.05, 0.1) is 17.8 Å². The molecule has 0 bridgehead atoms. The summed E-state index contributed by atoms with van der Waals surface area (Å²) in [5.41, 5.74) is 6.53. The van der Waals surface area contributed by atoms with Crippen molar-refractivity contribution in [3.63, 3.8) is 0 Å². The van der Waals surface area contributed by atoms with Crippen molar-refractivity contribution in [3.8, 4) is 22.4 Å². The first-order valence-corrected chi connectivity index (χ1v) is 15.3. The number of pyridine rings is 2. The van der Waals surface area contributed by atoms with Crippen LogP contribution in [0.2, 0.25) is 18.1 Å². The molecule has 186 valence electrons. The Morgan fingerprint density at radius 3 is 2.17 bits per heavy atom. The van der Waals surface area contributed by atoms with E-state index in [4.69, 9.17) is 9.41 Å². The Morgan fingerprint density at radius 1 is 0.944 bits per heavy atom. The van der Waals surface area contributed by atoms with Crippen molar-refractivity contribution in [2.75, 3.05) is 18.5 Å². The third-order valence-electron chi connectivity index (χ3n) is 7.09. The van der Waals surface area contributed by atoms with Gasteiger partial charge in [-0.1, -0.05) is 57.2 Å². The van der Waals surface area contributed by atoms with E-state index in [9.17, 15) is 4.79 Å². The van der Waals surface area contributed by atoms with Gasteiger partial charge in [-0.05, 0) is 60.4 Å². The summed E-state index contributed by atoms with van der Waals surface area (Å²) in [6.07, 6.45) is 3.40. The van der Waals surface area contributed by atoms with E-state index in [-0.39, 0.29) is 10.8 Å². The molecule has 2 aromatic carbocycles. The lowest BCUT2D eigenvalue weighted by molar-refractivity contribution is 0.101. The second-order valence-corrected chi connectivity index (χ2v) is 15.5. The minimum atomic E-state index is -1.71. The topological polar surface area (TPSA) is 64.1 Å². The predicted molar refractivity (Wildman–Crippen MR) is 152 cm³/mol. The summed E-state index contributed by atoms with van der Waals surface area (Å²) in [5.74, 6) is 0.00789. The molecule has 2 heterocycles. The number of carbonyl (C=O) groups is 1. The van der Waals surface area contributed by atoms with Crippen molar-refractivity contribution in [2.45, 2.75) is 45.8 Å². The van der Waals surface area contributed by atoms with E-state index < -0.39 is 8.32 Å². The number of nitrogens with one attached hydrogen (secondary N) is 1. The molecule has 4 rings (SSSR count). The van der Waals surface area contributed by atoms with Crippen LogP contribution in [0.5, 0.6) is 0 Å². The highest BCUT2D eigenvalue weighted by molar-refractivity contribution is 6.74. The third-order valence-corrected chi connectivity index (χ3v) is 11.6. The van der Waals surface area contributed by atoms with Gasteiger partial charge in [0.15, 0.2) is 14.1 Å². The van der Waals surface area contributed by atoms with Crippen molar-refractivity contribution in [3.05, 3.63) is 78.6 Å². The zero-order chi connectivity index (χ0) is 25.9. The highest BCUT2D eigenvalue weighted by Gasteiger charge is 2.36. The summed E-state index contributed by atoms with van der Waals surface area (Å²) in [6.45, 7) is 14.4. The highest BCUT2D eigenvalue weighted by atomic mass is 28.4. The molecule has 0 aliphatic heterocycles. The van der Waals surface area contributed by atoms with Crippen LogP contribution < -0.4 is 5.32 Å². The molecule has 5 nitrogen and oxygen atoms in total. The summed E-state index contributed by atoms with van der Waals surface area (Å²) in [6, 6.07) is 20.5. The van der Waals surface area contributed by atoms with Crippen LogP contribution in [0.1, 0.15) is 38.1 Å². The minimum Gasteiger partial charge on any atom is -0.415 e. The zero-order valence-electron chi connectivity index (χ0n) is 22.1. The van der Waals surface area contributed by atoms with E-state index in [0.29, 0.717) is 12.2 Å².